The molecule has 0 fully saturated rings. The van der Waals surface area contributed by atoms with Gasteiger partial charge in [0.25, 0.3) is 0 Å². The molecule has 12 heteroatoms. The Kier molecular flexibility index (Phi) is 25.1. The van der Waals surface area contributed by atoms with Gasteiger partial charge in [-0.15, -0.1) is 0 Å². The fraction of sp³-hybridized carbons (Fsp3) is 0.643. The van der Waals surface area contributed by atoms with E-state index in [0.717, 1.165) is 44.9 Å². The molecular weight excluding hydrogens is 709 g/mol. The second-order valence-corrected chi connectivity index (χ2v) is 15.6. The molecule has 11 nitrogen and oxygen atoms in total. The minimum absolute atomic E-state index is 0.0691. The first-order chi connectivity index (χ1) is 26.2. The van der Waals surface area contributed by atoms with Crippen molar-refractivity contribution in [3.63, 3.8) is 0 Å². The molecule has 0 aromatic heterocycles. The predicted octanol–water partition coefficient (Wildman–Crippen LogP) is 11.0. The van der Waals surface area contributed by atoms with Gasteiger partial charge < -0.3 is 28.8 Å². The van der Waals surface area contributed by atoms with Gasteiger partial charge in [0.05, 0.1) is 6.42 Å². The predicted molar refractivity (Wildman–Crippen MR) is 211 cm³/mol. The topological polar surface area (TPSA) is 149 Å². The molecule has 0 aliphatic heterocycles. The molecule has 1 unspecified atom stereocenters. The van der Waals surface area contributed by atoms with E-state index >= 15 is 0 Å². The summed E-state index contributed by atoms with van der Waals surface area (Å²) in [6, 6.07) is 14.1. The number of carboxylic acid groups (broad SMARTS) is 1. The number of aliphatic hydroxyl groups excluding tert-OH is 1. The van der Waals surface area contributed by atoms with E-state index in [9.17, 15) is 29.2 Å². The van der Waals surface area contributed by atoms with E-state index in [4.69, 9.17) is 18.6 Å². The van der Waals surface area contributed by atoms with E-state index in [1.807, 2.05) is 0 Å². The number of para-hydroxylation sites is 2. The molecule has 54 heavy (non-hydrogen) atoms. The summed E-state index contributed by atoms with van der Waals surface area (Å²) in [5.74, 6) is -2.77. The molecule has 2 N–H and O–H groups in total. The number of aliphatic carboxylic acids is 1. The molecule has 2 rings (SSSR count). The first kappa shape index (κ1) is 46.8. The van der Waals surface area contributed by atoms with Crippen LogP contribution in [0.1, 0.15) is 155 Å². The highest BCUT2D eigenvalue weighted by atomic mass is 31.2. The van der Waals surface area contributed by atoms with Crippen LogP contribution in [0, 0.1) is 0 Å². The average Bonchev–Trinajstić information content (AvgIpc) is 3.15. The number of carbonyl (C=O) groups is 3. The molecule has 2 atom stereocenters. The lowest BCUT2D eigenvalue weighted by Crippen LogP contribution is -2.43. The summed E-state index contributed by atoms with van der Waals surface area (Å²) < 4.78 is 32.1. The fourth-order valence-corrected chi connectivity index (χ4v) is 7.82. The van der Waals surface area contributed by atoms with Gasteiger partial charge in [-0.25, -0.2) is 4.57 Å². The quantitative estimate of drug-likeness (QED) is 0.0309. The third-order valence-corrected chi connectivity index (χ3v) is 10.9. The Hall–Kier alpha value is -3.40. The van der Waals surface area contributed by atoms with E-state index in [1.165, 1.54) is 88.5 Å². The molecule has 0 bridgehead atoms. The number of hydroxylamine groups is 1. The number of benzene rings is 2. The SMILES string of the molecule is CCCCCCCCCCCC(=O)O[C@H](CCCCCCCCCCC)CC(=O)ON(C(CCO)C(=O)O)P(=O)(Oc1ccccc1)Oc1ccccc1. The second-order valence-electron chi connectivity index (χ2n) is 13.9. The standard InChI is InChI=1S/C42H66NO10P/c1-3-5-7-9-11-13-15-17-21-31-38(50-40(45)32-26-18-16-14-12-10-8-6-4-2)35-41(46)51-43(39(33-34-44)42(47)48)54(49,52-36-27-22-19-23-28-36)53-37-29-24-20-25-30-37/h19-20,22-25,27-30,38-39,44H,3-18,21,26,31-35H2,1-2H3,(H,47,48)/t38-,39?/m1/s1. The number of unbranched alkanes of at least 4 members (excludes halogenated alkanes) is 16. The summed E-state index contributed by atoms with van der Waals surface area (Å²) in [6.07, 6.45) is 18.8. The number of nitrogens with zero attached hydrogens (tertiary/aromatic N) is 1. The maximum atomic E-state index is 14.7. The molecule has 0 spiro atoms. The van der Waals surface area contributed by atoms with Crippen LogP contribution < -0.4 is 9.05 Å². The fourth-order valence-electron chi connectivity index (χ4n) is 6.10. The lowest BCUT2D eigenvalue weighted by molar-refractivity contribution is -0.189. The molecular formula is C42H66NO10P. The normalized spacial score (nSPS) is 12.6. The van der Waals surface area contributed by atoms with Crippen LogP contribution in [0.4, 0.5) is 0 Å². The Morgan fingerprint density at radius 1 is 0.630 bits per heavy atom. The first-order valence-electron chi connectivity index (χ1n) is 20.3. The van der Waals surface area contributed by atoms with Crippen molar-refractivity contribution >= 4 is 25.7 Å². The number of ether oxygens (including phenoxy) is 1. The van der Waals surface area contributed by atoms with Crippen LogP contribution in [0.25, 0.3) is 0 Å². The largest absolute Gasteiger partial charge is 0.549 e. The zero-order valence-corrected chi connectivity index (χ0v) is 33.6. The summed E-state index contributed by atoms with van der Waals surface area (Å²) in [5, 5.41) is 19.9. The van der Waals surface area contributed by atoms with Gasteiger partial charge in [-0.05, 0) is 48.4 Å². The number of hydrogen-bond donors (Lipinski definition) is 2. The number of rotatable bonds is 33. The zero-order chi connectivity index (χ0) is 39.3. The van der Waals surface area contributed by atoms with Crippen LogP contribution in [0.15, 0.2) is 60.7 Å². The highest BCUT2D eigenvalue weighted by molar-refractivity contribution is 7.52. The Morgan fingerprint density at radius 3 is 1.52 bits per heavy atom. The average molecular weight is 776 g/mol. The van der Waals surface area contributed by atoms with E-state index in [0.29, 0.717) is 17.7 Å². The molecule has 2 aromatic rings. The molecule has 0 amide bonds. The molecule has 0 aliphatic carbocycles. The lowest BCUT2D eigenvalue weighted by Gasteiger charge is -2.32. The summed E-state index contributed by atoms with van der Waals surface area (Å²) >= 11 is 0. The molecule has 304 valence electrons. The zero-order valence-electron chi connectivity index (χ0n) is 32.7. The molecule has 0 saturated heterocycles. The van der Waals surface area contributed by atoms with Crippen molar-refractivity contribution in [2.45, 2.75) is 167 Å². The molecule has 0 radical (unpaired) electrons. The second kappa shape index (κ2) is 29.0. The van der Waals surface area contributed by atoms with Crippen LogP contribution in [0.5, 0.6) is 11.5 Å². The van der Waals surface area contributed by atoms with Gasteiger partial charge in [0, 0.05) is 19.4 Å². The van der Waals surface area contributed by atoms with Gasteiger partial charge in [-0.3, -0.25) is 14.4 Å². The molecule has 0 aliphatic rings. The highest BCUT2D eigenvalue weighted by Gasteiger charge is 2.48. The van der Waals surface area contributed by atoms with Gasteiger partial charge in [-0.1, -0.05) is 153 Å². The number of hydrogen-bond acceptors (Lipinski definition) is 9. The minimum atomic E-state index is -4.82. The van der Waals surface area contributed by atoms with E-state index < -0.39 is 57.2 Å². The van der Waals surface area contributed by atoms with Gasteiger partial charge in [0.1, 0.15) is 17.6 Å². The van der Waals surface area contributed by atoms with Crippen molar-refractivity contribution in [3.05, 3.63) is 60.7 Å². The van der Waals surface area contributed by atoms with Crippen molar-refractivity contribution in [2.24, 2.45) is 0 Å². The van der Waals surface area contributed by atoms with Crippen molar-refractivity contribution < 1.29 is 47.8 Å². The number of carboxylic acids is 1. The number of carbonyl (C=O) groups excluding carboxylic acids is 2. The molecule has 2 aromatic carbocycles. The third kappa shape index (κ3) is 20.3. The van der Waals surface area contributed by atoms with Crippen LogP contribution in [-0.4, -0.2) is 51.7 Å². The summed E-state index contributed by atoms with van der Waals surface area (Å²) in [4.78, 5) is 45.2. The summed E-state index contributed by atoms with van der Waals surface area (Å²) in [5.41, 5.74) is 0. The number of aliphatic hydroxyl groups is 1. The smallest absolute Gasteiger partial charge is 0.480 e. The highest BCUT2D eigenvalue weighted by Crippen LogP contribution is 2.53. The van der Waals surface area contributed by atoms with Crippen LogP contribution in [-0.2, 0) is 28.5 Å². The first-order valence-corrected chi connectivity index (χ1v) is 21.8. The molecule has 0 heterocycles. The van der Waals surface area contributed by atoms with Crippen LogP contribution >= 0.6 is 7.75 Å². The van der Waals surface area contributed by atoms with E-state index in [1.54, 1.807) is 36.4 Å². The lowest BCUT2D eigenvalue weighted by atomic mass is 10.0. The Morgan fingerprint density at radius 2 is 1.07 bits per heavy atom. The summed E-state index contributed by atoms with van der Waals surface area (Å²) in [6.45, 7) is 3.77. The van der Waals surface area contributed by atoms with Crippen molar-refractivity contribution in [1.29, 1.82) is 0 Å². The van der Waals surface area contributed by atoms with Gasteiger partial charge in [-0.2, -0.15) is 0 Å². The van der Waals surface area contributed by atoms with Gasteiger partial charge >= 0.3 is 25.7 Å². The molecule has 0 saturated carbocycles. The van der Waals surface area contributed by atoms with Crippen molar-refractivity contribution in [3.8, 4) is 11.5 Å². The van der Waals surface area contributed by atoms with Gasteiger partial charge in [0.2, 0.25) is 0 Å². The van der Waals surface area contributed by atoms with Crippen LogP contribution in [0.2, 0.25) is 0 Å². The summed E-state index contributed by atoms with van der Waals surface area (Å²) in [7, 11) is -4.82. The maximum Gasteiger partial charge on any atom is 0.549 e. The monoisotopic (exact) mass is 775 g/mol. The Labute approximate surface area is 323 Å². The van der Waals surface area contributed by atoms with Crippen LogP contribution in [0.3, 0.4) is 0 Å². The maximum absolute atomic E-state index is 14.7. The third-order valence-electron chi connectivity index (χ3n) is 9.13. The minimum Gasteiger partial charge on any atom is -0.480 e. The van der Waals surface area contributed by atoms with Gasteiger partial charge in [0.15, 0.2) is 6.04 Å². The van der Waals surface area contributed by atoms with E-state index in [2.05, 4.69) is 13.8 Å². The van der Waals surface area contributed by atoms with Crippen molar-refractivity contribution in [2.75, 3.05) is 6.61 Å². The Bertz CT molecular complexity index is 1280. The number of esters is 1. The Balaban J connectivity index is 2.19. The van der Waals surface area contributed by atoms with Crippen molar-refractivity contribution in [1.82, 2.24) is 4.83 Å². The van der Waals surface area contributed by atoms with E-state index in [-0.39, 0.29) is 17.9 Å².